The summed E-state index contributed by atoms with van der Waals surface area (Å²) in [5.41, 5.74) is 1.18. The van der Waals surface area contributed by atoms with Gasteiger partial charge in [-0.3, -0.25) is 0 Å². The van der Waals surface area contributed by atoms with Crippen molar-refractivity contribution in [2.75, 3.05) is 0 Å². The van der Waals surface area contributed by atoms with Gasteiger partial charge in [-0.05, 0) is 23.6 Å². The first-order valence-electron chi connectivity index (χ1n) is 4.85. The molecule has 3 heterocycles. The largest absolute Gasteiger partial charge is 0.505 e. The zero-order chi connectivity index (χ0) is 11.7. The summed E-state index contributed by atoms with van der Waals surface area (Å²) in [6.45, 7) is 0. The van der Waals surface area contributed by atoms with Gasteiger partial charge < -0.3 is 9.63 Å². The second-order valence-electron chi connectivity index (χ2n) is 3.31. The molecule has 0 fully saturated rings. The van der Waals surface area contributed by atoms with Crippen molar-refractivity contribution >= 4 is 11.3 Å². The molecule has 0 aliphatic heterocycles. The number of aromatic nitrogens is 3. The zero-order valence-corrected chi connectivity index (χ0v) is 9.39. The summed E-state index contributed by atoms with van der Waals surface area (Å²) in [7, 11) is 0. The summed E-state index contributed by atoms with van der Waals surface area (Å²) < 4.78 is 5.08. The van der Waals surface area contributed by atoms with Crippen LogP contribution in [-0.2, 0) is 0 Å². The highest BCUT2D eigenvalue weighted by Gasteiger charge is 2.14. The van der Waals surface area contributed by atoms with Gasteiger partial charge in [-0.25, -0.2) is 4.98 Å². The first kappa shape index (κ1) is 9.98. The van der Waals surface area contributed by atoms with Gasteiger partial charge in [0, 0.05) is 17.1 Å². The lowest BCUT2D eigenvalue weighted by molar-refractivity contribution is 0.423. The van der Waals surface area contributed by atoms with E-state index in [9.17, 15) is 5.11 Å². The average molecular weight is 245 g/mol. The van der Waals surface area contributed by atoms with Crippen LogP contribution >= 0.6 is 11.3 Å². The molecule has 0 atom stereocenters. The maximum atomic E-state index is 9.62. The molecule has 0 saturated carbocycles. The molecule has 0 spiro atoms. The lowest BCUT2D eigenvalue weighted by Gasteiger charge is -1.95. The molecule has 3 rings (SSSR count). The summed E-state index contributed by atoms with van der Waals surface area (Å²) in [5.74, 6) is 0.726. The number of pyridine rings is 1. The molecule has 3 aromatic rings. The quantitative estimate of drug-likeness (QED) is 0.751. The molecule has 0 amide bonds. The van der Waals surface area contributed by atoms with Crippen LogP contribution in [0.3, 0.4) is 0 Å². The first-order chi connectivity index (χ1) is 8.34. The Labute approximate surface area is 100 Å². The standard InChI is InChI=1S/C11H7N3O2S/c15-8-2-1-4-12-9(8)11-13-10(14-16-11)7-3-5-17-6-7/h1-6,15H. The van der Waals surface area contributed by atoms with Crippen molar-refractivity contribution in [2.24, 2.45) is 0 Å². The van der Waals surface area contributed by atoms with Gasteiger partial charge in [-0.1, -0.05) is 5.16 Å². The number of rotatable bonds is 2. The third-order valence-electron chi connectivity index (χ3n) is 2.19. The van der Waals surface area contributed by atoms with Gasteiger partial charge in [-0.15, -0.1) is 0 Å². The molecule has 0 bridgehead atoms. The van der Waals surface area contributed by atoms with Crippen LogP contribution in [0.2, 0.25) is 0 Å². The van der Waals surface area contributed by atoms with E-state index in [-0.39, 0.29) is 11.6 Å². The summed E-state index contributed by atoms with van der Waals surface area (Å²) in [6.07, 6.45) is 1.56. The van der Waals surface area contributed by atoms with Crippen LogP contribution in [0.4, 0.5) is 0 Å². The third kappa shape index (κ3) is 1.78. The molecule has 0 unspecified atom stereocenters. The van der Waals surface area contributed by atoms with Crippen molar-refractivity contribution in [2.45, 2.75) is 0 Å². The van der Waals surface area contributed by atoms with Crippen LogP contribution in [0.15, 0.2) is 39.7 Å². The summed E-state index contributed by atoms with van der Waals surface area (Å²) in [5, 5.41) is 17.3. The van der Waals surface area contributed by atoms with E-state index in [0.717, 1.165) is 5.56 Å². The van der Waals surface area contributed by atoms with Crippen molar-refractivity contribution < 1.29 is 9.63 Å². The minimum atomic E-state index is 0.0213. The minimum Gasteiger partial charge on any atom is -0.505 e. The number of thiophene rings is 1. The molecule has 3 aromatic heterocycles. The van der Waals surface area contributed by atoms with E-state index in [1.54, 1.807) is 23.6 Å². The van der Waals surface area contributed by atoms with E-state index < -0.39 is 0 Å². The van der Waals surface area contributed by atoms with Crippen LogP contribution < -0.4 is 0 Å². The molecule has 84 valence electrons. The molecular weight excluding hydrogens is 238 g/mol. The fourth-order valence-electron chi connectivity index (χ4n) is 1.39. The molecule has 1 N–H and O–H groups in total. The van der Waals surface area contributed by atoms with Crippen LogP contribution in [-0.4, -0.2) is 20.2 Å². The highest BCUT2D eigenvalue weighted by molar-refractivity contribution is 7.08. The Morgan fingerprint density at radius 3 is 3.00 bits per heavy atom. The maximum absolute atomic E-state index is 9.62. The number of nitrogens with zero attached hydrogens (tertiary/aromatic N) is 3. The highest BCUT2D eigenvalue weighted by atomic mass is 32.1. The molecule has 17 heavy (non-hydrogen) atoms. The fourth-order valence-corrected chi connectivity index (χ4v) is 2.02. The second-order valence-corrected chi connectivity index (χ2v) is 4.09. The first-order valence-corrected chi connectivity index (χ1v) is 5.79. The van der Waals surface area contributed by atoms with E-state index in [4.69, 9.17) is 4.52 Å². The number of hydrogen-bond acceptors (Lipinski definition) is 6. The molecule has 0 saturated heterocycles. The summed E-state index contributed by atoms with van der Waals surface area (Å²) in [6, 6.07) is 5.06. The van der Waals surface area contributed by atoms with Gasteiger partial charge in [-0.2, -0.15) is 16.3 Å². The van der Waals surface area contributed by atoms with Crippen LogP contribution in [0.25, 0.3) is 23.0 Å². The molecular formula is C11H7N3O2S. The predicted molar refractivity (Wildman–Crippen MR) is 62.5 cm³/mol. The van der Waals surface area contributed by atoms with E-state index >= 15 is 0 Å². The molecule has 0 radical (unpaired) electrons. The van der Waals surface area contributed by atoms with E-state index in [1.807, 2.05) is 16.8 Å². The van der Waals surface area contributed by atoms with Crippen molar-refractivity contribution in [3.63, 3.8) is 0 Å². The van der Waals surface area contributed by atoms with E-state index in [1.165, 1.54) is 6.07 Å². The number of hydrogen-bond donors (Lipinski definition) is 1. The Morgan fingerprint density at radius 2 is 2.24 bits per heavy atom. The summed E-state index contributed by atoms with van der Waals surface area (Å²) >= 11 is 1.56. The Balaban J connectivity index is 2.04. The monoisotopic (exact) mass is 245 g/mol. The van der Waals surface area contributed by atoms with Crippen molar-refractivity contribution in [1.29, 1.82) is 0 Å². The Hall–Kier alpha value is -2.21. The second kappa shape index (κ2) is 3.99. The van der Waals surface area contributed by atoms with Crippen molar-refractivity contribution in [1.82, 2.24) is 15.1 Å². The predicted octanol–water partition coefficient (Wildman–Crippen LogP) is 2.57. The lowest BCUT2D eigenvalue weighted by Crippen LogP contribution is -1.83. The smallest absolute Gasteiger partial charge is 0.280 e. The van der Waals surface area contributed by atoms with Gasteiger partial charge in [0.2, 0.25) is 5.82 Å². The molecule has 0 aliphatic carbocycles. The Morgan fingerprint density at radius 1 is 1.29 bits per heavy atom. The molecule has 0 aliphatic rings. The average Bonchev–Trinajstić information content (AvgIpc) is 3.00. The fraction of sp³-hybridized carbons (Fsp3) is 0. The van der Waals surface area contributed by atoms with Crippen LogP contribution in [0, 0.1) is 0 Å². The van der Waals surface area contributed by atoms with Gasteiger partial charge >= 0.3 is 0 Å². The normalized spacial score (nSPS) is 10.6. The summed E-state index contributed by atoms with van der Waals surface area (Å²) in [4.78, 5) is 8.19. The molecule has 6 heteroatoms. The van der Waals surface area contributed by atoms with Gasteiger partial charge in [0.1, 0.15) is 5.75 Å². The van der Waals surface area contributed by atoms with Crippen LogP contribution in [0.5, 0.6) is 5.75 Å². The molecule has 5 nitrogen and oxygen atoms in total. The van der Waals surface area contributed by atoms with Gasteiger partial charge in [0.05, 0.1) is 0 Å². The van der Waals surface area contributed by atoms with Crippen LogP contribution in [0.1, 0.15) is 0 Å². The lowest BCUT2D eigenvalue weighted by atomic mass is 10.3. The van der Waals surface area contributed by atoms with Gasteiger partial charge in [0.25, 0.3) is 5.89 Å². The maximum Gasteiger partial charge on any atom is 0.280 e. The van der Waals surface area contributed by atoms with Crippen molar-refractivity contribution in [3.05, 3.63) is 35.2 Å². The topological polar surface area (TPSA) is 72.0 Å². The number of aromatic hydroxyl groups is 1. The SMILES string of the molecule is Oc1cccnc1-c1nc(-c2ccsc2)no1. The molecule has 0 aromatic carbocycles. The highest BCUT2D eigenvalue weighted by Crippen LogP contribution is 2.27. The van der Waals surface area contributed by atoms with Gasteiger partial charge in [0.15, 0.2) is 5.69 Å². The van der Waals surface area contributed by atoms with Crippen molar-refractivity contribution in [3.8, 4) is 28.7 Å². The minimum absolute atomic E-state index is 0.0213. The third-order valence-corrected chi connectivity index (χ3v) is 2.88. The Bertz CT molecular complexity index is 634. The zero-order valence-electron chi connectivity index (χ0n) is 8.57. The van der Waals surface area contributed by atoms with E-state index in [2.05, 4.69) is 15.1 Å². The Kier molecular flexibility index (Phi) is 2.34. The van der Waals surface area contributed by atoms with E-state index in [0.29, 0.717) is 11.5 Å².